The van der Waals surface area contributed by atoms with Gasteiger partial charge in [0.25, 0.3) is 0 Å². The lowest BCUT2D eigenvalue weighted by Gasteiger charge is -2.28. The van der Waals surface area contributed by atoms with E-state index < -0.39 is 6.29 Å². The van der Waals surface area contributed by atoms with Crippen LogP contribution in [0, 0.1) is 11.7 Å². The van der Waals surface area contributed by atoms with Gasteiger partial charge in [0.15, 0.2) is 6.29 Å². The maximum absolute atomic E-state index is 13.6. The van der Waals surface area contributed by atoms with Crippen LogP contribution in [0.15, 0.2) is 36.5 Å². The molecule has 1 fully saturated rings. The molecule has 1 aliphatic rings. The van der Waals surface area contributed by atoms with Gasteiger partial charge in [0.2, 0.25) is 5.91 Å². The zero-order valence-electron chi connectivity index (χ0n) is 22.8. The predicted octanol–water partition coefficient (Wildman–Crippen LogP) is 1.82. The molecule has 1 saturated heterocycles. The van der Waals surface area contributed by atoms with E-state index in [1.54, 1.807) is 24.4 Å². The normalized spacial score (nSPS) is 17.5. The van der Waals surface area contributed by atoms with E-state index in [1.165, 1.54) is 12.1 Å². The fourth-order valence-electron chi connectivity index (χ4n) is 3.91. The van der Waals surface area contributed by atoms with Gasteiger partial charge >= 0.3 is 6.01 Å². The van der Waals surface area contributed by atoms with Crippen LogP contribution in [0.25, 0.3) is 22.6 Å². The predicted molar refractivity (Wildman–Crippen MR) is 144 cm³/mol. The molecule has 0 unspecified atom stereocenters. The molecule has 1 aliphatic heterocycles. The highest BCUT2D eigenvalue weighted by atomic mass is 19.1. The summed E-state index contributed by atoms with van der Waals surface area (Å²) in [4.78, 5) is 33.3. The third-order valence-electron chi connectivity index (χ3n) is 6.09. The Morgan fingerprint density at radius 1 is 1.08 bits per heavy atom. The van der Waals surface area contributed by atoms with Crippen molar-refractivity contribution in [1.29, 1.82) is 0 Å². The van der Waals surface area contributed by atoms with E-state index in [2.05, 4.69) is 20.3 Å². The van der Waals surface area contributed by atoms with Crippen molar-refractivity contribution in [3.8, 4) is 28.7 Å². The highest BCUT2D eigenvalue weighted by Gasteiger charge is 2.29. The molecule has 0 atom stereocenters. The van der Waals surface area contributed by atoms with Crippen molar-refractivity contribution in [2.24, 2.45) is 5.92 Å². The average molecular weight is 542 g/mol. The fraction of sp³-hybridized carbons (Fsp3) is 0.481. The molecule has 2 aromatic heterocycles. The number of carbonyl (C=O) groups excluding carboxylic acids is 1. The summed E-state index contributed by atoms with van der Waals surface area (Å²) in [5.74, 6) is -0.172. The Labute approximate surface area is 227 Å². The molecule has 0 saturated carbocycles. The first-order valence-electron chi connectivity index (χ1n) is 12.9. The third-order valence-corrected chi connectivity index (χ3v) is 6.09. The van der Waals surface area contributed by atoms with Gasteiger partial charge in [0.05, 0.1) is 42.6 Å². The van der Waals surface area contributed by atoms with Gasteiger partial charge in [-0.25, -0.2) is 14.4 Å². The van der Waals surface area contributed by atoms with Gasteiger partial charge in [-0.15, -0.1) is 0 Å². The zero-order valence-corrected chi connectivity index (χ0v) is 22.8. The van der Waals surface area contributed by atoms with Crippen LogP contribution < -0.4 is 10.1 Å². The molecular formula is C27H36FN7O4. The minimum atomic E-state index is -0.564. The highest BCUT2D eigenvalue weighted by molar-refractivity contribution is 5.79. The molecule has 210 valence electrons. The Morgan fingerprint density at radius 2 is 1.79 bits per heavy atom. The van der Waals surface area contributed by atoms with E-state index >= 15 is 0 Å². The van der Waals surface area contributed by atoms with Crippen LogP contribution in [0.2, 0.25) is 0 Å². The van der Waals surface area contributed by atoms with Crippen LogP contribution in [-0.4, -0.2) is 110 Å². The molecule has 0 spiro atoms. The number of ether oxygens (including phenoxy) is 3. The first-order valence-corrected chi connectivity index (χ1v) is 12.9. The summed E-state index contributed by atoms with van der Waals surface area (Å²) in [6, 6.07) is 8.13. The van der Waals surface area contributed by atoms with Crippen molar-refractivity contribution in [2.45, 2.75) is 12.7 Å². The van der Waals surface area contributed by atoms with Crippen molar-refractivity contribution < 1.29 is 23.4 Å². The summed E-state index contributed by atoms with van der Waals surface area (Å²) in [6.07, 6.45) is 1.39. The number of likely N-dealkylation sites (N-methyl/N-ethyl adjacent to an activating group) is 2. The molecule has 3 heterocycles. The largest absolute Gasteiger partial charge is 0.462 e. The van der Waals surface area contributed by atoms with Crippen molar-refractivity contribution >= 4 is 5.91 Å². The summed E-state index contributed by atoms with van der Waals surface area (Å²) >= 11 is 0. The van der Waals surface area contributed by atoms with E-state index in [4.69, 9.17) is 19.2 Å². The lowest BCUT2D eigenvalue weighted by molar-refractivity contribution is -0.200. The van der Waals surface area contributed by atoms with E-state index in [9.17, 15) is 9.18 Å². The number of hydrogen-bond acceptors (Lipinski definition) is 9. The van der Waals surface area contributed by atoms with Gasteiger partial charge in [0, 0.05) is 31.4 Å². The smallest absolute Gasteiger partial charge is 0.316 e. The molecular weight excluding hydrogens is 505 g/mol. The quantitative estimate of drug-likeness (QED) is 0.354. The molecule has 2 N–H and O–H groups in total. The molecule has 0 radical (unpaired) electrons. The van der Waals surface area contributed by atoms with Gasteiger partial charge in [-0.2, -0.15) is 4.98 Å². The summed E-state index contributed by atoms with van der Waals surface area (Å²) in [5.41, 5.74) is 2.56. The van der Waals surface area contributed by atoms with E-state index in [-0.39, 0.29) is 36.9 Å². The van der Waals surface area contributed by atoms with Crippen molar-refractivity contribution in [3.63, 3.8) is 0 Å². The maximum atomic E-state index is 13.6. The van der Waals surface area contributed by atoms with Crippen LogP contribution in [0.1, 0.15) is 5.82 Å². The SMILES string of the molecule is CN(C)CCNC(=O)C1COC(Cc2nc(-c3ccc(F)cc3)c(-c3ccnc(OCCN(C)C)n3)[nH]2)OC1. The minimum Gasteiger partial charge on any atom is -0.462 e. The Hall–Kier alpha value is -3.45. The van der Waals surface area contributed by atoms with E-state index in [0.717, 1.165) is 18.7 Å². The average Bonchev–Trinajstić information content (AvgIpc) is 3.33. The number of carbonyl (C=O) groups is 1. The van der Waals surface area contributed by atoms with Crippen LogP contribution >= 0.6 is 0 Å². The maximum Gasteiger partial charge on any atom is 0.316 e. The second-order valence-electron chi connectivity index (χ2n) is 9.88. The van der Waals surface area contributed by atoms with Crippen molar-refractivity contribution in [3.05, 3.63) is 48.2 Å². The van der Waals surface area contributed by atoms with Gasteiger partial charge in [-0.3, -0.25) is 4.79 Å². The van der Waals surface area contributed by atoms with Gasteiger partial charge in [-0.05, 0) is 58.5 Å². The first-order chi connectivity index (χ1) is 18.8. The number of benzene rings is 1. The number of imidazole rings is 1. The second-order valence-corrected chi connectivity index (χ2v) is 9.88. The second kappa shape index (κ2) is 13.6. The molecule has 39 heavy (non-hydrogen) atoms. The molecule has 0 bridgehead atoms. The molecule has 0 aliphatic carbocycles. The van der Waals surface area contributed by atoms with Crippen molar-refractivity contribution in [1.82, 2.24) is 35.1 Å². The zero-order chi connectivity index (χ0) is 27.8. The third kappa shape index (κ3) is 8.27. The molecule has 3 aromatic rings. The molecule has 11 nitrogen and oxygen atoms in total. The van der Waals surface area contributed by atoms with E-state index in [0.29, 0.717) is 42.5 Å². The van der Waals surface area contributed by atoms with Crippen LogP contribution in [-0.2, 0) is 20.7 Å². The number of rotatable bonds is 12. The number of aromatic nitrogens is 4. The fourth-order valence-corrected chi connectivity index (χ4v) is 3.91. The molecule has 4 rings (SSSR count). The summed E-state index contributed by atoms with van der Waals surface area (Å²) < 4.78 is 31.0. The Kier molecular flexibility index (Phi) is 9.93. The number of halogens is 1. The number of H-pyrrole nitrogens is 1. The summed E-state index contributed by atoms with van der Waals surface area (Å²) in [6.45, 7) is 3.02. The molecule has 12 heteroatoms. The summed E-state index contributed by atoms with van der Waals surface area (Å²) in [5, 5.41) is 2.91. The van der Waals surface area contributed by atoms with Crippen LogP contribution in [0.4, 0.5) is 4.39 Å². The number of hydrogen-bond donors (Lipinski definition) is 2. The van der Waals surface area contributed by atoms with Crippen LogP contribution in [0.3, 0.4) is 0 Å². The Bertz CT molecular complexity index is 1210. The number of aromatic amines is 1. The minimum absolute atomic E-state index is 0.0819. The number of nitrogens with zero attached hydrogens (tertiary/aromatic N) is 5. The Balaban J connectivity index is 1.47. The van der Waals surface area contributed by atoms with E-state index in [1.807, 2.05) is 38.0 Å². The number of nitrogens with one attached hydrogen (secondary N) is 2. The number of amides is 1. The lowest BCUT2D eigenvalue weighted by Crippen LogP contribution is -2.43. The van der Waals surface area contributed by atoms with Crippen molar-refractivity contribution in [2.75, 3.05) is 67.6 Å². The van der Waals surface area contributed by atoms with Gasteiger partial charge in [0.1, 0.15) is 18.2 Å². The monoisotopic (exact) mass is 541 g/mol. The topological polar surface area (TPSA) is 118 Å². The standard InChI is InChI=1S/C27H36FN7O4/c1-34(2)12-11-29-26(36)19-16-38-23(39-17-19)15-22-32-24(18-5-7-20(28)8-6-18)25(33-22)21-9-10-30-27(31-21)37-14-13-35(3)4/h5-10,19,23H,11-17H2,1-4H3,(H,29,36)(H,32,33). The Morgan fingerprint density at radius 3 is 2.49 bits per heavy atom. The lowest BCUT2D eigenvalue weighted by atomic mass is 10.1. The van der Waals surface area contributed by atoms with Gasteiger partial charge in [-0.1, -0.05) is 0 Å². The molecule has 1 aromatic carbocycles. The first kappa shape index (κ1) is 28.6. The van der Waals surface area contributed by atoms with Gasteiger partial charge < -0.3 is 34.3 Å². The molecule has 1 amide bonds. The highest BCUT2D eigenvalue weighted by Crippen LogP contribution is 2.30. The summed E-state index contributed by atoms with van der Waals surface area (Å²) in [7, 11) is 7.83. The van der Waals surface area contributed by atoms with Crippen LogP contribution in [0.5, 0.6) is 6.01 Å².